The van der Waals surface area contributed by atoms with E-state index in [2.05, 4.69) is 4.98 Å². The second-order valence-corrected chi connectivity index (χ2v) is 5.85. The van der Waals surface area contributed by atoms with Crippen LogP contribution in [0.25, 0.3) is 0 Å². The van der Waals surface area contributed by atoms with E-state index in [0.29, 0.717) is 4.90 Å². The Labute approximate surface area is 126 Å². The van der Waals surface area contributed by atoms with Gasteiger partial charge in [-0.05, 0) is 19.3 Å². The standard InChI is InChI=1S/C11H10ClF3N2O3S/c12-7-4-21-10(16-7)17(9(20)11(13,14)15)6-2-1-5(3-6)8(18)19/h4-6H,1-3H2,(H,18,19)/t5-,6+/m0/s1. The van der Waals surface area contributed by atoms with Crippen molar-refractivity contribution in [3.8, 4) is 0 Å². The summed E-state index contributed by atoms with van der Waals surface area (Å²) in [5, 5.41) is 10.1. The summed E-state index contributed by atoms with van der Waals surface area (Å²) < 4.78 is 38.2. The quantitative estimate of drug-likeness (QED) is 0.916. The second kappa shape index (κ2) is 5.80. The Hall–Kier alpha value is -1.35. The van der Waals surface area contributed by atoms with Gasteiger partial charge in [0.1, 0.15) is 5.15 Å². The Kier molecular flexibility index (Phi) is 4.43. The molecule has 1 aliphatic rings. The Bertz CT molecular complexity index is 563. The molecule has 116 valence electrons. The summed E-state index contributed by atoms with van der Waals surface area (Å²) in [6.45, 7) is 0. The molecule has 10 heteroatoms. The first kappa shape index (κ1) is 16.0. The molecule has 1 fully saturated rings. The van der Waals surface area contributed by atoms with Gasteiger partial charge >= 0.3 is 18.1 Å². The molecule has 1 aromatic heterocycles. The van der Waals surface area contributed by atoms with Crippen molar-refractivity contribution in [3.63, 3.8) is 0 Å². The minimum absolute atomic E-state index is 0.0113. The monoisotopic (exact) mass is 342 g/mol. The molecule has 0 saturated heterocycles. The number of alkyl halides is 3. The topological polar surface area (TPSA) is 70.5 Å². The maximum Gasteiger partial charge on any atom is 0.471 e. The van der Waals surface area contributed by atoms with Gasteiger partial charge in [-0.15, -0.1) is 11.3 Å². The van der Waals surface area contributed by atoms with Gasteiger partial charge in [0, 0.05) is 11.4 Å². The average Bonchev–Trinajstić information content (AvgIpc) is 2.98. The molecular weight excluding hydrogens is 333 g/mol. The number of aliphatic carboxylic acids is 1. The van der Waals surface area contributed by atoms with Gasteiger partial charge in [-0.25, -0.2) is 4.98 Å². The zero-order valence-electron chi connectivity index (χ0n) is 10.4. The van der Waals surface area contributed by atoms with Gasteiger partial charge in [0.25, 0.3) is 0 Å². The number of carbonyl (C=O) groups excluding carboxylic acids is 1. The van der Waals surface area contributed by atoms with Crippen LogP contribution in [0.15, 0.2) is 5.38 Å². The van der Waals surface area contributed by atoms with Gasteiger partial charge in [0.2, 0.25) is 0 Å². The van der Waals surface area contributed by atoms with E-state index in [1.807, 2.05) is 0 Å². The third-order valence-electron chi connectivity index (χ3n) is 3.25. The number of rotatable bonds is 3. The van der Waals surface area contributed by atoms with Crippen LogP contribution in [0.2, 0.25) is 5.15 Å². The smallest absolute Gasteiger partial charge is 0.471 e. The lowest BCUT2D eigenvalue weighted by Gasteiger charge is -2.27. The van der Waals surface area contributed by atoms with E-state index in [0.717, 1.165) is 11.3 Å². The zero-order chi connectivity index (χ0) is 15.8. The third kappa shape index (κ3) is 3.46. The minimum atomic E-state index is -5.06. The lowest BCUT2D eigenvalue weighted by Crippen LogP contribution is -2.46. The fourth-order valence-electron chi connectivity index (χ4n) is 2.32. The van der Waals surface area contributed by atoms with Crippen LogP contribution in [-0.2, 0) is 9.59 Å². The number of hydrogen-bond donors (Lipinski definition) is 1. The molecule has 2 atom stereocenters. The maximum atomic E-state index is 12.7. The predicted octanol–water partition coefficient (Wildman–Crippen LogP) is 2.95. The van der Waals surface area contributed by atoms with Crippen molar-refractivity contribution in [2.75, 3.05) is 4.90 Å². The SMILES string of the molecule is O=C(O)[C@H]1CC[C@@H](N(C(=O)C(F)(F)F)c2nc(Cl)cs2)C1. The van der Waals surface area contributed by atoms with Gasteiger partial charge < -0.3 is 5.11 Å². The van der Waals surface area contributed by atoms with E-state index < -0.39 is 30.0 Å². The molecule has 0 aliphatic heterocycles. The zero-order valence-corrected chi connectivity index (χ0v) is 12.0. The summed E-state index contributed by atoms with van der Waals surface area (Å²) in [6.07, 6.45) is -4.69. The average molecular weight is 343 g/mol. The van der Waals surface area contributed by atoms with Gasteiger partial charge in [-0.2, -0.15) is 13.2 Å². The van der Waals surface area contributed by atoms with E-state index in [1.165, 1.54) is 5.38 Å². The lowest BCUT2D eigenvalue weighted by atomic mass is 10.1. The fourth-order valence-corrected chi connectivity index (χ4v) is 3.33. The normalized spacial score (nSPS) is 22.3. The third-order valence-corrected chi connectivity index (χ3v) is 4.41. The molecule has 1 heterocycles. The number of hydrogen-bond acceptors (Lipinski definition) is 4. The van der Waals surface area contributed by atoms with Gasteiger partial charge in [-0.1, -0.05) is 11.6 Å². The van der Waals surface area contributed by atoms with Crippen molar-refractivity contribution in [2.45, 2.75) is 31.5 Å². The molecule has 0 unspecified atom stereocenters. The van der Waals surface area contributed by atoms with E-state index in [9.17, 15) is 22.8 Å². The Balaban J connectivity index is 2.29. The molecule has 1 saturated carbocycles. The number of thiazole rings is 1. The first-order valence-electron chi connectivity index (χ1n) is 5.94. The Morgan fingerprint density at radius 1 is 1.43 bits per heavy atom. The molecule has 1 aliphatic carbocycles. The minimum Gasteiger partial charge on any atom is -0.481 e. The van der Waals surface area contributed by atoms with E-state index in [4.69, 9.17) is 16.7 Å². The van der Waals surface area contributed by atoms with Gasteiger partial charge in [0.05, 0.1) is 5.92 Å². The number of carboxylic acids is 1. The van der Waals surface area contributed by atoms with Crippen LogP contribution in [0.3, 0.4) is 0 Å². The van der Waals surface area contributed by atoms with E-state index in [-0.39, 0.29) is 29.5 Å². The van der Waals surface area contributed by atoms with Crippen molar-refractivity contribution in [1.82, 2.24) is 4.98 Å². The van der Waals surface area contributed by atoms with Crippen molar-refractivity contribution < 1.29 is 27.9 Å². The van der Waals surface area contributed by atoms with Crippen molar-refractivity contribution in [3.05, 3.63) is 10.5 Å². The Morgan fingerprint density at radius 3 is 2.52 bits per heavy atom. The molecule has 0 radical (unpaired) electrons. The van der Waals surface area contributed by atoms with Crippen molar-refractivity contribution in [1.29, 1.82) is 0 Å². The summed E-state index contributed by atoms with van der Waals surface area (Å²) in [5.74, 6) is -3.88. The van der Waals surface area contributed by atoms with Crippen LogP contribution in [0, 0.1) is 5.92 Å². The van der Waals surface area contributed by atoms with Crippen LogP contribution >= 0.6 is 22.9 Å². The second-order valence-electron chi connectivity index (χ2n) is 4.63. The number of halogens is 4. The number of anilines is 1. The molecule has 1 amide bonds. The van der Waals surface area contributed by atoms with Gasteiger partial charge in [0.15, 0.2) is 5.13 Å². The molecule has 0 bridgehead atoms. The summed E-state index contributed by atoms with van der Waals surface area (Å²) in [4.78, 5) is 26.8. The molecule has 1 N–H and O–H groups in total. The highest BCUT2D eigenvalue weighted by Gasteiger charge is 2.48. The van der Waals surface area contributed by atoms with Crippen LogP contribution < -0.4 is 4.90 Å². The summed E-state index contributed by atoms with van der Waals surface area (Å²) >= 11 is 6.41. The molecule has 2 rings (SSSR count). The lowest BCUT2D eigenvalue weighted by molar-refractivity contribution is -0.171. The summed E-state index contributed by atoms with van der Waals surface area (Å²) in [5.41, 5.74) is 0. The first-order valence-corrected chi connectivity index (χ1v) is 7.20. The van der Waals surface area contributed by atoms with Crippen LogP contribution in [0.4, 0.5) is 18.3 Å². The molecule has 5 nitrogen and oxygen atoms in total. The summed E-state index contributed by atoms with van der Waals surface area (Å²) in [7, 11) is 0. The van der Waals surface area contributed by atoms with Crippen LogP contribution in [-0.4, -0.2) is 34.2 Å². The highest BCUT2D eigenvalue weighted by atomic mass is 35.5. The summed E-state index contributed by atoms with van der Waals surface area (Å²) in [6, 6.07) is -0.845. The molecule has 0 spiro atoms. The largest absolute Gasteiger partial charge is 0.481 e. The maximum absolute atomic E-state index is 12.7. The number of aromatic nitrogens is 1. The molecule has 1 aromatic rings. The van der Waals surface area contributed by atoms with Crippen LogP contribution in [0.1, 0.15) is 19.3 Å². The number of carbonyl (C=O) groups is 2. The Morgan fingerprint density at radius 2 is 2.10 bits per heavy atom. The van der Waals surface area contributed by atoms with Gasteiger partial charge in [-0.3, -0.25) is 14.5 Å². The highest BCUT2D eigenvalue weighted by molar-refractivity contribution is 7.14. The van der Waals surface area contributed by atoms with Crippen molar-refractivity contribution in [2.24, 2.45) is 5.92 Å². The number of nitrogens with zero attached hydrogens (tertiary/aromatic N) is 2. The van der Waals surface area contributed by atoms with Crippen LogP contribution in [0.5, 0.6) is 0 Å². The fraction of sp³-hybridized carbons (Fsp3) is 0.545. The highest BCUT2D eigenvalue weighted by Crippen LogP contribution is 2.37. The number of carboxylic acid groups (broad SMARTS) is 1. The predicted molar refractivity (Wildman–Crippen MR) is 69.4 cm³/mol. The van der Waals surface area contributed by atoms with E-state index >= 15 is 0 Å². The molecular formula is C11H10ClF3N2O3S. The molecule has 21 heavy (non-hydrogen) atoms. The first-order chi connectivity index (χ1) is 9.70. The van der Waals surface area contributed by atoms with E-state index in [1.54, 1.807) is 0 Å². The number of amides is 1. The van der Waals surface area contributed by atoms with Crippen molar-refractivity contribution >= 4 is 39.9 Å². The molecule has 0 aromatic carbocycles.